The summed E-state index contributed by atoms with van der Waals surface area (Å²) in [6.07, 6.45) is 5.98. The van der Waals surface area contributed by atoms with Crippen LogP contribution in [-0.4, -0.2) is 36.9 Å². The van der Waals surface area contributed by atoms with Crippen LogP contribution in [0.3, 0.4) is 0 Å². The number of ether oxygens (including phenoxy) is 1. The van der Waals surface area contributed by atoms with Gasteiger partial charge in [-0.15, -0.1) is 0 Å². The van der Waals surface area contributed by atoms with Gasteiger partial charge >= 0.3 is 11.9 Å². The molecule has 196 valence electrons. The Balaban J connectivity index is 1.72. The number of benzene rings is 3. The summed E-state index contributed by atoms with van der Waals surface area (Å²) in [6, 6.07) is 20.4. The molecule has 0 bridgehead atoms. The van der Waals surface area contributed by atoms with Gasteiger partial charge in [0.05, 0.1) is 16.8 Å². The third-order valence-corrected chi connectivity index (χ3v) is 7.44. The summed E-state index contributed by atoms with van der Waals surface area (Å²) in [7, 11) is 3.62. The summed E-state index contributed by atoms with van der Waals surface area (Å²) in [5.74, 6) is -1.87. The first kappa shape index (κ1) is 25.9. The van der Waals surface area contributed by atoms with E-state index in [1.54, 1.807) is 19.2 Å². The Morgan fingerprint density at radius 2 is 1.74 bits per heavy atom. The molecule has 0 spiro atoms. The lowest BCUT2D eigenvalue weighted by molar-refractivity contribution is 0.0463. The molecule has 0 atom stereocenters. The molecule has 0 heterocycles. The summed E-state index contributed by atoms with van der Waals surface area (Å²) >= 11 is 0. The van der Waals surface area contributed by atoms with Gasteiger partial charge in [0.15, 0.2) is 0 Å². The number of carboxylic acid groups (broad SMARTS) is 1. The number of aromatic carboxylic acids is 1. The third-order valence-electron chi connectivity index (χ3n) is 7.44. The zero-order chi connectivity index (χ0) is 27.7. The van der Waals surface area contributed by atoms with Gasteiger partial charge < -0.3 is 15.2 Å². The quantitative estimate of drug-likeness (QED) is 0.367. The lowest BCUT2D eigenvalue weighted by atomic mass is 9.64. The lowest BCUT2D eigenvalue weighted by Crippen LogP contribution is -2.30. The van der Waals surface area contributed by atoms with Crippen molar-refractivity contribution in [1.29, 1.82) is 0 Å². The fourth-order valence-electron chi connectivity index (χ4n) is 5.38. The van der Waals surface area contributed by atoms with Crippen molar-refractivity contribution >= 4 is 28.9 Å². The minimum absolute atomic E-state index is 0.0170. The standard InChI is InChI=1S/C33H30N2O4/c1-33(2)27-17-21(34-3)13-15-23(27)29(24-16-14-22(35-4)18-28(24)33)25-11-8-12-26(30(25)31(36)37)32(38)39-19-20-9-6-5-7-10-20/h5-18,34H,19H2,1-4H3,(H,36,37)/b35-22-. The highest BCUT2D eigenvalue weighted by Gasteiger charge is 2.39. The van der Waals surface area contributed by atoms with Crippen molar-refractivity contribution < 1.29 is 19.4 Å². The summed E-state index contributed by atoms with van der Waals surface area (Å²) < 4.78 is 5.55. The van der Waals surface area contributed by atoms with Crippen LogP contribution < -0.4 is 5.32 Å². The van der Waals surface area contributed by atoms with Gasteiger partial charge in [0.1, 0.15) is 6.61 Å². The van der Waals surface area contributed by atoms with Crippen molar-refractivity contribution in [2.45, 2.75) is 25.9 Å². The predicted molar refractivity (Wildman–Crippen MR) is 155 cm³/mol. The van der Waals surface area contributed by atoms with E-state index in [0.717, 1.165) is 44.8 Å². The second-order valence-corrected chi connectivity index (χ2v) is 10.1. The number of carboxylic acids is 1. The van der Waals surface area contributed by atoms with Gasteiger partial charge in [0.2, 0.25) is 0 Å². The number of anilines is 1. The highest BCUT2D eigenvalue weighted by molar-refractivity contribution is 6.12. The van der Waals surface area contributed by atoms with Gasteiger partial charge in [-0.25, -0.2) is 9.59 Å². The maximum Gasteiger partial charge on any atom is 0.339 e. The highest BCUT2D eigenvalue weighted by Crippen LogP contribution is 2.51. The summed E-state index contributed by atoms with van der Waals surface area (Å²) in [5, 5.41) is 13.6. The topological polar surface area (TPSA) is 88.0 Å². The number of fused-ring (bicyclic) bond motifs is 2. The van der Waals surface area contributed by atoms with E-state index in [0.29, 0.717) is 5.56 Å². The van der Waals surface area contributed by atoms with Crippen molar-refractivity contribution in [2.75, 3.05) is 19.4 Å². The van der Waals surface area contributed by atoms with E-state index >= 15 is 0 Å². The fraction of sp³-hybridized carbons (Fsp3) is 0.182. The van der Waals surface area contributed by atoms with Crippen LogP contribution in [0.4, 0.5) is 5.69 Å². The predicted octanol–water partition coefficient (Wildman–Crippen LogP) is 6.44. The Hall–Kier alpha value is -4.71. The third kappa shape index (κ3) is 4.59. The maximum absolute atomic E-state index is 13.2. The molecule has 0 amide bonds. The number of carbonyl (C=O) groups excluding carboxylic acids is 1. The summed E-state index contributed by atoms with van der Waals surface area (Å²) in [6.45, 7) is 4.38. The first-order valence-corrected chi connectivity index (χ1v) is 12.8. The lowest BCUT2D eigenvalue weighted by Gasteiger charge is -2.39. The molecule has 0 fully saturated rings. The van der Waals surface area contributed by atoms with Crippen LogP contribution in [-0.2, 0) is 16.8 Å². The number of hydrogen-bond acceptors (Lipinski definition) is 5. The highest BCUT2D eigenvalue weighted by atomic mass is 16.5. The molecule has 0 saturated carbocycles. The number of carbonyl (C=O) groups is 2. The zero-order valence-electron chi connectivity index (χ0n) is 22.4. The average Bonchev–Trinajstić information content (AvgIpc) is 2.96. The van der Waals surface area contributed by atoms with E-state index in [1.807, 2.05) is 61.7 Å². The largest absolute Gasteiger partial charge is 0.478 e. The van der Waals surface area contributed by atoms with Crippen LogP contribution in [0.25, 0.3) is 5.57 Å². The SMILES string of the molecule is C/N=C1/C=CC2=C(c3cccc(C(=O)OCc4ccccc4)c3C(=O)O)c3ccc(NC)cc3C(C)(C)C2=C1. The molecule has 2 aliphatic rings. The number of nitrogens with zero attached hydrogens (tertiary/aromatic N) is 1. The molecule has 6 heteroatoms. The average molecular weight is 519 g/mol. The Morgan fingerprint density at radius 3 is 2.44 bits per heavy atom. The van der Waals surface area contributed by atoms with Crippen LogP contribution in [0.15, 0.2) is 101 Å². The van der Waals surface area contributed by atoms with Gasteiger partial charge in [0, 0.05) is 25.2 Å². The van der Waals surface area contributed by atoms with E-state index in [4.69, 9.17) is 4.74 Å². The Morgan fingerprint density at radius 1 is 0.974 bits per heavy atom. The number of rotatable bonds is 6. The zero-order valence-corrected chi connectivity index (χ0v) is 22.4. The van der Waals surface area contributed by atoms with Crippen molar-refractivity contribution in [3.63, 3.8) is 0 Å². The van der Waals surface area contributed by atoms with Gasteiger partial charge in [-0.1, -0.05) is 68.5 Å². The van der Waals surface area contributed by atoms with Gasteiger partial charge in [0.25, 0.3) is 0 Å². The Bertz CT molecular complexity index is 1610. The van der Waals surface area contributed by atoms with E-state index in [9.17, 15) is 14.7 Å². The first-order valence-electron chi connectivity index (χ1n) is 12.8. The van der Waals surface area contributed by atoms with Gasteiger partial charge in [-0.3, -0.25) is 4.99 Å². The summed E-state index contributed by atoms with van der Waals surface area (Å²) in [5.41, 5.74) is 7.33. The molecule has 0 unspecified atom stereocenters. The molecule has 3 aromatic rings. The number of esters is 1. The smallest absolute Gasteiger partial charge is 0.339 e. The molecule has 0 saturated heterocycles. The number of aliphatic imine (C=N–C) groups is 1. The van der Waals surface area contributed by atoms with E-state index in [1.165, 1.54) is 6.07 Å². The molecular formula is C33H30N2O4. The van der Waals surface area contributed by atoms with E-state index in [2.05, 4.69) is 36.3 Å². The fourth-order valence-corrected chi connectivity index (χ4v) is 5.38. The van der Waals surface area contributed by atoms with Crippen molar-refractivity contribution in [2.24, 2.45) is 4.99 Å². The Labute approximate surface area is 228 Å². The molecular weight excluding hydrogens is 488 g/mol. The van der Waals surface area contributed by atoms with Crippen molar-refractivity contribution in [3.8, 4) is 0 Å². The summed E-state index contributed by atoms with van der Waals surface area (Å²) in [4.78, 5) is 30.4. The minimum Gasteiger partial charge on any atom is -0.478 e. The van der Waals surface area contributed by atoms with E-state index < -0.39 is 11.9 Å². The molecule has 0 aromatic heterocycles. The second-order valence-electron chi connectivity index (χ2n) is 10.1. The van der Waals surface area contributed by atoms with Crippen LogP contribution in [0.2, 0.25) is 0 Å². The number of allylic oxidation sites excluding steroid dienone is 5. The molecule has 0 aliphatic heterocycles. The van der Waals surface area contributed by atoms with Crippen LogP contribution in [0.1, 0.15) is 56.8 Å². The first-order chi connectivity index (χ1) is 18.8. The molecule has 6 nitrogen and oxygen atoms in total. The second kappa shape index (κ2) is 10.2. The molecule has 0 radical (unpaired) electrons. The van der Waals surface area contributed by atoms with Gasteiger partial charge in [-0.05, 0) is 69.3 Å². The maximum atomic E-state index is 13.2. The molecule has 5 rings (SSSR count). The van der Waals surface area contributed by atoms with Crippen LogP contribution >= 0.6 is 0 Å². The molecule has 39 heavy (non-hydrogen) atoms. The molecule has 2 aliphatic carbocycles. The van der Waals surface area contributed by atoms with Crippen LogP contribution in [0.5, 0.6) is 0 Å². The normalized spacial score (nSPS) is 16.3. The van der Waals surface area contributed by atoms with Crippen molar-refractivity contribution in [3.05, 3.63) is 129 Å². The molecule has 2 N–H and O–H groups in total. The van der Waals surface area contributed by atoms with Crippen molar-refractivity contribution in [1.82, 2.24) is 0 Å². The van der Waals surface area contributed by atoms with Gasteiger partial charge in [-0.2, -0.15) is 0 Å². The monoisotopic (exact) mass is 518 g/mol. The van der Waals surface area contributed by atoms with E-state index in [-0.39, 0.29) is 23.1 Å². The van der Waals surface area contributed by atoms with Crippen LogP contribution in [0, 0.1) is 0 Å². The molecule has 3 aromatic carbocycles. The number of hydrogen-bond donors (Lipinski definition) is 2. The number of nitrogens with one attached hydrogen (secondary N) is 1. The minimum atomic E-state index is -1.19. The Kier molecular flexibility index (Phi) is 6.79.